The van der Waals surface area contributed by atoms with Crippen molar-refractivity contribution in [1.29, 1.82) is 0 Å². The van der Waals surface area contributed by atoms with Gasteiger partial charge in [0.1, 0.15) is 11.9 Å². The first-order valence-corrected chi connectivity index (χ1v) is 4.33. The van der Waals surface area contributed by atoms with Crippen LogP contribution in [0.5, 0.6) is 0 Å². The molecule has 0 fully saturated rings. The van der Waals surface area contributed by atoms with Gasteiger partial charge >= 0.3 is 0 Å². The fraction of sp³-hybridized carbons (Fsp3) is 0.571. The summed E-state index contributed by atoms with van der Waals surface area (Å²) >= 11 is 0. The Bertz CT molecular complexity index is 358. The topological polar surface area (TPSA) is 144 Å². The zero-order chi connectivity index (χ0) is 11.3. The second-order valence-electron chi connectivity index (χ2n) is 3.00. The molecule has 0 bridgehead atoms. The van der Waals surface area contributed by atoms with Gasteiger partial charge in [0.2, 0.25) is 0 Å². The molecular formula is C7H12N6O2. The number of nitrogens with two attached hydrogens (primary N) is 1. The molecule has 15 heavy (non-hydrogen) atoms. The Kier molecular flexibility index (Phi) is 3.92. The van der Waals surface area contributed by atoms with Gasteiger partial charge in [-0.15, -0.1) is 0 Å². The molecule has 8 nitrogen and oxygen atoms in total. The SMILES string of the molecule is [N-]=[N+]=NCCC(O)C(O)c1cc(N)n[nH]1. The third-order valence-electron chi connectivity index (χ3n) is 1.89. The molecular weight excluding hydrogens is 200 g/mol. The molecule has 0 aliphatic carbocycles. The summed E-state index contributed by atoms with van der Waals surface area (Å²) in [6.45, 7) is 0.123. The van der Waals surface area contributed by atoms with E-state index in [0.29, 0.717) is 5.69 Å². The lowest BCUT2D eigenvalue weighted by molar-refractivity contribution is 0.0125. The number of hydrogen-bond acceptors (Lipinski definition) is 5. The zero-order valence-electron chi connectivity index (χ0n) is 7.91. The molecule has 0 aliphatic rings. The minimum atomic E-state index is -1.11. The summed E-state index contributed by atoms with van der Waals surface area (Å²) in [5, 5.41) is 28.4. The molecule has 1 aromatic heterocycles. The third kappa shape index (κ3) is 3.13. The molecule has 1 rings (SSSR count). The van der Waals surface area contributed by atoms with E-state index >= 15 is 0 Å². The van der Waals surface area contributed by atoms with Crippen LogP contribution in [0.25, 0.3) is 10.4 Å². The van der Waals surface area contributed by atoms with Crippen LogP contribution in [0.4, 0.5) is 5.82 Å². The van der Waals surface area contributed by atoms with Gasteiger partial charge in [0, 0.05) is 17.5 Å². The van der Waals surface area contributed by atoms with Crippen molar-refractivity contribution in [2.45, 2.75) is 18.6 Å². The number of nitrogens with one attached hydrogen (secondary N) is 1. The highest BCUT2D eigenvalue weighted by molar-refractivity contribution is 5.29. The van der Waals surface area contributed by atoms with Crippen LogP contribution in [0.3, 0.4) is 0 Å². The van der Waals surface area contributed by atoms with Crippen LogP contribution < -0.4 is 5.73 Å². The first kappa shape index (κ1) is 11.3. The second-order valence-corrected chi connectivity index (χ2v) is 3.00. The van der Waals surface area contributed by atoms with E-state index in [0.717, 1.165) is 0 Å². The molecule has 2 atom stereocenters. The predicted molar refractivity (Wildman–Crippen MR) is 52.6 cm³/mol. The Hall–Kier alpha value is -1.76. The van der Waals surface area contributed by atoms with Gasteiger partial charge in [0.25, 0.3) is 0 Å². The van der Waals surface area contributed by atoms with E-state index in [9.17, 15) is 10.2 Å². The number of aliphatic hydroxyl groups is 2. The van der Waals surface area contributed by atoms with Crippen molar-refractivity contribution in [2.24, 2.45) is 5.11 Å². The van der Waals surface area contributed by atoms with Gasteiger partial charge in [-0.05, 0) is 12.0 Å². The quantitative estimate of drug-likeness (QED) is 0.311. The van der Waals surface area contributed by atoms with E-state index < -0.39 is 12.2 Å². The standard InChI is InChI=1S/C7H12N6O2/c8-6-3-4(11-12-6)7(15)5(14)1-2-10-13-9/h3,5,7,14-15H,1-2H2,(H3,8,11,12). The van der Waals surface area contributed by atoms with Crippen LogP contribution in [-0.2, 0) is 0 Å². The van der Waals surface area contributed by atoms with E-state index in [4.69, 9.17) is 11.3 Å². The summed E-state index contributed by atoms with van der Waals surface area (Å²) in [6, 6.07) is 1.43. The summed E-state index contributed by atoms with van der Waals surface area (Å²) < 4.78 is 0. The highest BCUT2D eigenvalue weighted by atomic mass is 16.3. The minimum absolute atomic E-state index is 0.123. The molecule has 2 unspecified atom stereocenters. The van der Waals surface area contributed by atoms with E-state index in [1.165, 1.54) is 6.07 Å². The van der Waals surface area contributed by atoms with Gasteiger partial charge < -0.3 is 15.9 Å². The summed E-state index contributed by atoms with van der Waals surface area (Å²) in [6.07, 6.45) is -1.96. The fourth-order valence-corrected chi connectivity index (χ4v) is 1.10. The Morgan fingerprint density at radius 2 is 2.40 bits per heavy atom. The van der Waals surface area contributed by atoms with E-state index in [1.54, 1.807) is 0 Å². The van der Waals surface area contributed by atoms with Crippen LogP contribution in [0.15, 0.2) is 11.2 Å². The Balaban J connectivity index is 2.52. The first-order valence-electron chi connectivity index (χ1n) is 4.33. The monoisotopic (exact) mass is 212 g/mol. The number of nitrogens with zero attached hydrogens (tertiary/aromatic N) is 4. The zero-order valence-corrected chi connectivity index (χ0v) is 7.91. The highest BCUT2D eigenvalue weighted by Crippen LogP contribution is 2.18. The molecule has 1 aromatic rings. The van der Waals surface area contributed by atoms with Crippen molar-refractivity contribution in [2.75, 3.05) is 12.3 Å². The average Bonchev–Trinajstić information content (AvgIpc) is 2.64. The van der Waals surface area contributed by atoms with E-state index in [2.05, 4.69) is 20.2 Å². The molecule has 82 valence electrons. The number of rotatable bonds is 5. The predicted octanol–water partition coefficient (Wildman–Crippen LogP) is 0.0866. The molecule has 0 saturated heterocycles. The smallest absolute Gasteiger partial charge is 0.145 e. The number of aromatic nitrogens is 2. The van der Waals surface area contributed by atoms with Crippen molar-refractivity contribution in [3.63, 3.8) is 0 Å². The number of nitrogen functional groups attached to an aromatic ring is 1. The van der Waals surface area contributed by atoms with E-state index in [1.807, 2.05) is 0 Å². The Labute approximate surface area is 85.4 Å². The minimum Gasteiger partial charge on any atom is -0.390 e. The van der Waals surface area contributed by atoms with Gasteiger partial charge in [-0.2, -0.15) is 5.10 Å². The summed E-state index contributed by atoms with van der Waals surface area (Å²) in [5.41, 5.74) is 13.7. The van der Waals surface area contributed by atoms with E-state index in [-0.39, 0.29) is 18.8 Å². The van der Waals surface area contributed by atoms with Crippen LogP contribution in [0.1, 0.15) is 18.2 Å². The number of aromatic amines is 1. The van der Waals surface area contributed by atoms with Gasteiger partial charge in [0.05, 0.1) is 11.8 Å². The maximum absolute atomic E-state index is 9.59. The van der Waals surface area contributed by atoms with Gasteiger partial charge in [-0.3, -0.25) is 5.10 Å². The Morgan fingerprint density at radius 1 is 1.67 bits per heavy atom. The maximum Gasteiger partial charge on any atom is 0.145 e. The molecule has 0 saturated carbocycles. The molecule has 0 spiro atoms. The molecule has 0 amide bonds. The van der Waals surface area contributed by atoms with Crippen molar-refractivity contribution in [3.05, 3.63) is 22.2 Å². The lowest BCUT2D eigenvalue weighted by Crippen LogP contribution is -2.19. The normalized spacial score (nSPS) is 14.3. The maximum atomic E-state index is 9.59. The van der Waals surface area contributed by atoms with Crippen molar-refractivity contribution < 1.29 is 10.2 Å². The van der Waals surface area contributed by atoms with Crippen molar-refractivity contribution >= 4 is 5.82 Å². The second kappa shape index (κ2) is 5.20. The average molecular weight is 212 g/mol. The first-order chi connectivity index (χ1) is 7.15. The summed E-state index contributed by atoms with van der Waals surface area (Å²) in [4.78, 5) is 2.54. The van der Waals surface area contributed by atoms with Crippen molar-refractivity contribution in [1.82, 2.24) is 10.2 Å². The van der Waals surface area contributed by atoms with Crippen LogP contribution >= 0.6 is 0 Å². The number of azide groups is 1. The number of anilines is 1. The van der Waals surface area contributed by atoms with Crippen LogP contribution in [0, 0.1) is 0 Å². The summed E-state index contributed by atoms with van der Waals surface area (Å²) in [7, 11) is 0. The third-order valence-corrected chi connectivity index (χ3v) is 1.89. The van der Waals surface area contributed by atoms with Gasteiger partial charge in [-0.25, -0.2) is 0 Å². The van der Waals surface area contributed by atoms with Gasteiger partial charge in [-0.1, -0.05) is 5.11 Å². The highest BCUT2D eigenvalue weighted by Gasteiger charge is 2.19. The molecule has 1 heterocycles. The fourth-order valence-electron chi connectivity index (χ4n) is 1.10. The number of aliphatic hydroxyl groups excluding tert-OH is 2. The Morgan fingerprint density at radius 3 is 2.93 bits per heavy atom. The number of hydrogen-bond donors (Lipinski definition) is 4. The molecule has 0 aromatic carbocycles. The lowest BCUT2D eigenvalue weighted by atomic mass is 10.1. The van der Waals surface area contributed by atoms with Crippen LogP contribution in [-0.4, -0.2) is 33.1 Å². The molecule has 0 aliphatic heterocycles. The molecule has 0 radical (unpaired) electrons. The van der Waals surface area contributed by atoms with Gasteiger partial charge in [0.15, 0.2) is 0 Å². The molecule has 8 heteroatoms. The largest absolute Gasteiger partial charge is 0.390 e. The summed E-state index contributed by atoms with van der Waals surface area (Å²) in [5.74, 6) is 0.242. The molecule has 5 N–H and O–H groups in total. The van der Waals surface area contributed by atoms with Crippen molar-refractivity contribution in [3.8, 4) is 0 Å². The number of H-pyrrole nitrogens is 1. The van der Waals surface area contributed by atoms with Crippen LogP contribution in [0.2, 0.25) is 0 Å². The lowest BCUT2D eigenvalue weighted by Gasteiger charge is -2.14.